The number of ether oxygens (including phenoxy) is 5. The van der Waals surface area contributed by atoms with Gasteiger partial charge >= 0.3 is 5.97 Å². The number of rotatable bonds is 7. The zero-order valence-electron chi connectivity index (χ0n) is 34.8. The van der Waals surface area contributed by atoms with Gasteiger partial charge in [0.05, 0.1) is 24.4 Å². The van der Waals surface area contributed by atoms with E-state index >= 15 is 0 Å². The molecule has 1 amide bonds. The van der Waals surface area contributed by atoms with E-state index in [1.807, 2.05) is 26.8 Å². The zero-order valence-corrected chi connectivity index (χ0v) is 34.8. The first-order valence-electron chi connectivity index (χ1n) is 20.5. The van der Waals surface area contributed by atoms with Gasteiger partial charge in [-0.1, -0.05) is 50.6 Å². The summed E-state index contributed by atoms with van der Waals surface area (Å²) < 4.78 is 29.8. The Labute approximate surface area is 333 Å². The van der Waals surface area contributed by atoms with Crippen LogP contribution < -0.4 is 0 Å². The van der Waals surface area contributed by atoms with E-state index in [2.05, 4.69) is 19.6 Å². The summed E-state index contributed by atoms with van der Waals surface area (Å²) in [5.41, 5.74) is 1.77. The van der Waals surface area contributed by atoms with Gasteiger partial charge in [0.1, 0.15) is 18.2 Å². The fourth-order valence-electron chi connectivity index (χ4n) is 9.12. The maximum atomic E-state index is 14.3. The maximum absolute atomic E-state index is 14.3. The summed E-state index contributed by atoms with van der Waals surface area (Å²) in [6.45, 7) is 13.5. The van der Waals surface area contributed by atoms with Gasteiger partial charge in [-0.05, 0) is 102 Å². The molecule has 2 saturated heterocycles. The first-order chi connectivity index (χ1) is 26.6. The summed E-state index contributed by atoms with van der Waals surface area (Å²) in [4.78, 5) is 57.6. The van der Waals surface area contributed by atoms with Crippen molar-refractivity contribution in [3.8, 4) is 0 Å². The molecule has 3 fully saturated rings. The van der Waals surface area contributed by atoms with Crippen LogP contribution in [0.1, 0.15) is 98.8 Å². The monoisotopic (exact) mass is 785 g/mol. The molecule has 2 N–H and O–H groups in total. The third-order valence-corrected chi connectivity index (χ3v) is 12.4. The summed E-state index contributed by atoms with van der Waals surface area (Å²) in [6.07, 6.45) is 10.5. The van der Waals surface area contributed by atoms with Crippen LogP contribution in [-0.4, -0.2) is 115 Å². The van der Waals surface area contributed by atoms with E-state index in [9.17, 15) is 29.4 Å². The van der Waals surface area contributed by atoms with Crippen LogP contribution in [0.25, 0.3) is 0 Å². The summed E-state index contributed by atoms with van der Waals surface area (Å²) in [5.74, 6) is -7.00. The largest absolute Gasteiger partial charge is 0.456 e. The molecule has 56 heavy (non-hydrogen) atoms. The minimum Gasteiger partial charge on any atom is -0.456 e. The fourth-order valence-corrected chi connectivity index (χ4v) is 9.12. The number of carbonyl (C=O) groups excluding carboxylic acids is 4. The van der Waals surface area contributed by atoms with Crippen molar-refractivity contribution in [3.05, 3.63) is 48.1 Å². The number of cyclic esters (lactones) is 1. The minimum atomic E-state index is -2.48. The first kappa shape index (κ1) is 45.7. The van der Waals surface area contributed by atoms with E-state index in [4.69, 9.17) is 23.7 Å². The highest BCUT2D eigenvalue weighted by atomic mass is 16.7. The second kappa shape index (κ2) is 20.6. The normalized spacial score (nSPS) is 40.4. The number of ketones is 2. The van der Waals surface area contributed by atoms with Crippen LogP contribution in [0.2, 0.25) is 0 Å². The molecule has 0 aromatic heterocycles. The average Bonchev–Trinajstić information content (AvgIpc) is 3.18. The molecule has 3 heterocycles. The molecule has 4 aliphatic rings. The van der Waals surface area contributed by atoms with E-state index in [0.29, 0.717) is 44.9 Å². The molecule has 0 spiro atoms. The number of allylic oxidation sites excluding steroid dienone is 5. The molecule has 3 aliphatic heterocycles. The SMILES string of the molecule is C=CC[C@H]1/C=C(\C)C[C@H](C)C[C@H](OC)[C@H]2O[C@@](O)(C(=O)C(=O)N3CCCC[C@H]3C(=O)O[C@H](/C(C)=C/[C@@H]3CC[C@@H](O)[C@H](OC)C3)[C@H](C)/C=C/C1=O)[C@H](C)C[C@@H]2OC. The van der Waals surface area contributed by atoms with Crippen molar-refractivity contribution < 1.29 is 53.1 Å². The quantitative estimate of drug-likeness (QED) is 0.192. The third-order valence-electron chi connectivity index (χ3n) is 12.4. The van der Waals surface area contributed by atoms with Gasteiger partial charge in [-0.2, -0.15) is 0 Å². The lowest BCUT2D eigenvalue weighted by molar-refractivity contribution is -0.302. The molecule has 0 radical (unpaired) electrons. The van der Waals surface area contributed by atoms with Crippen LogP contribution in [0, 0.1) is 29.6 Å². The fraction of sp³-hybridized carbons (Fsp3) is 0.727. The number of hydrogen-bond donors (Lipinski definition) is 2. The Morgan fingerprint density at radius 1 is 0.982 bits per heavy atom. The topological polar surface area (TPSA) is 158 Å². The molecule has 12 nitrogen and oxygen atoms in total. The van der Waals surface area contributed by atoms with E-state index in [0.717, 1.165) is 17.6 Å². The van der Waals surface area contributed by atoms with E-state index in [1.165, 1.54) is 19.1 Å². The number of aliphatic hydroxyl groups excluding tert-OH is 1. The standard InChI is InChI=1S/C44H67NO11/c1-10-13-32-21-26(2)20-27(3)22-37(53-8)40-38(54-9)24-30(6)44(51,56-40)41(48)42(49)45-19-12-11-14-33(45)43(50)55-39(28(4)15-17-34(32)46)29(5)23-31-16-18-35(47)36(25-31)52-7/h10,15,17,21,23,27-28,30-33,35-40,47,51H,1,11-14,16,18-20,22,24-25H2,2-9H3/b17-15+,26-21+,29-23+/t27-,28+,30+,31-,32-,33-,35+,36+,37-,38-,39-,40+,44+/m0/s1. The van der Waals surface area contributed by atoms with Crippen molar-refractivity contribution in [2.24, 2.45) is 29.6 Å². The van der Waals surface area contributed by atoms with Crippen molar-refractivity contribution in [2.75, 3.05) is 27.9 Å². The zero-order chi connectivity index (χ0) is 41.3. The Morgan fingerprint density at radius 3 is 2.32 bits per heavy atom. The van der Waals surface area contributed by atoms with E-state index in [-0.39, 0.29) is 43.1 Å². The molecule has 0 aromatic carbocycles. The van der Waals surface area contributed by atoms with Crippen LogP contribution in [0.3, 0.4) is 0 Å². The Morgan fingerprint density at radius 2 is 1.66 bits per heavy atom. The highest BCUT2D eigenvalue weighted by molar-refractivity contribution is 6.39. The lowest BCUT2D eigenvalue weighted by atomic mass is 9.82. The number of nitrogens with zero attached hydrogens (tertiary/aromatic N) is 1. The Bertz CT molecular complexity index is 1490. The number of amides is 1. The smallest absolute Gasteiger partial charge is 0.329 e. The van der Waals surface area contributed by atoms with Gasteiger partial charge in [-0.3, -0.25) is 14.4 Å². The highest BCUT2D eigenvalue weighted by Gasteiger charge is 2.56. The average molecular weight is 786 g/mol. The van der Waals surface area contributed by atoms with Gasteiger partial charge in [0.15, 0.2) is 5.78 Å². The summed E-state index contributed by atoms with van der Waals surface area (Å²) in [5, 5.41) is 22.4. The molecular formula is C44H67NO11. The van der Waals surface area contributed by atoms with Crippen LogP contribution in [0.5, 0.6) is 0 Å². The van der Waals surface area contributed by atoms with Crippen molar-refractivity contribution in [1.29, 1.82) is 0 Å². The van der Waals surface area contributed by atoms with Gasteiger partial charge in [-0.15, -0.1) is 6.58 Å². The van der Waals surface area contributed by atoms with Crippen molar-refractivity contribution in [2.45, 2.75) is 147 Å². The predicted molar refractivity (Wildman–Crippen MR) is 211 cm³/mol. The summed E-state index contributed by atoms with van der Waals surface area (Å²) >= 11 is 0. The number of fused-ring (bicyclic) bond motifs is 3. The molecule has 12 heteroatoms. The summed E-state index contributed by atoms with van der Waals surface area (Å²) in [7, 11) is 4.66. The van der Waals surface area contributed by atoms with Crippen LogP contribution in [0.15, 0.2) is 48.1 Å². The second-order valence-corrected chi connectivity index (χ2v) is 16.8. The van der Waals surface area contributed by atoms with E-state index in [1.54, 1.807) is 32.3 Å². The first-order valence-corrected chi connectivity index (χ1v) is 20.5. The number of aliphatic hydroxyl groups is 2. The molecule has 1 saturated carbocycles. The van der Waals surface area contributed by atoms with Crippen LogP contribution in [-0.2, 0) is 42.9 Å². The van der Waals surface area contributed by atoms with Crippen molar-refractivity contribution in [3.63, 3.8) is 0 Å². The number of piperidine rings is 1. The van der Waals surface area contributed by atoms with Gasteiger partial charge in [0.25, 0.3) is 11.7 Å². The molecule has 13 atom stereocenters. The van der Waals surface area contributed by atoms with Crippen LogP contribution >= 0.6 is 0 Å². The predicted octanol–water partition coefficient (Wildman–Crippen LogP) is 5.44. The Hall–Kier alpha value is -3.00. The van der Waals surface area contributed by atoms with Gasteiger partial charge < -0.3 is 38.8 Å². The molecule has 0 unspecified atom stereocenters. The number of esters is 1. The molecular weight excluding hydrogens is 718 g/mol. The molecule has 1 aliphatic carbocycles. The third kappa shape index (κ3) is 10.9. The van der Waals surface area contributed by atoms with E-state index < -0.39 is 77.8 Å². The van der Waals surface area contributed by atoms with Crippen molar-refractivity contribution in [1.82, 2.24) is 4.90 Å². The highest BCUT2D eigenvalue weighted by Crippen LogP contribution is 2.39. The lowest BCUT2D eigenvalue weighted by Gasteiger charge is -2.47. The number of methoxy groups -OCH3 is 3. The number of carbonyl (C=O) groups is 4. The Balaban J connectivity index is 1.78. The number of Topliss-reactive ketones (excluding diaryl/α,β-unsaturated/α-hetero) is 1. The lowest BCUT2D eigenvalue weighted by Crippen LogP contribution is -2.64. The van der Waals surface area contributed by atoms with Gasteiger partial charge in [0.2, 0.25) is 5.79 Å². The molecule has 0 aromatic rings. The van der Waals surface area contributed by atoms with Crippen LogP contribution in [0.4, 0.5) is 0 Å². The Kier molecular flexibility index (Phi) is 16.8. The maximum Gasteiger partial charge on any atom is 0.329 e. The molecule has 314 valence electrons. The second-order valence-electron chi connectivity index (χ2n) is 16.8. The molecule has 4 rings (SSSR count). The van der Waals surface area contributed by atoms with Gasteiger partial charge in [0, 0.05) is 45.6 Å². The van der Waals surface area contributed by atoms with Gasteiger partial charge in [-0.25, -0.2) is 4.79 Å². The van der Waals surface area contributed by atoms with Crippen molar-refractivity contribution >= 4 is 23.4 Å². The summed E-state index contributed by atoms with van der Waals surface area (Å²) in [6, 6.07) is -1.08. The molecule has 2 bridgehead atoms. The number of hydrogen-bond acceptors (Lipinski definition) is 11. The minimum absolute atomic E-state index is 0.0469.